The van der Waals surface area contributed by atoms with E-state index in [0.717, 1.165) is 6.04 Å². The molecule has 0 atom stereocenters. The molecule has 0 aromatic rings. The zero-order valence-corrected chi connectivity index (χ0v) is 14.6. The summed E-state index contributed by atoms with van der Waals surface area (Å²) in [6.07, 6.45) is 23.4. The molecule has 0 unspecified atom stereocenters. The molecule has 0 saturated heterocycles. The maximum absolute atomic E-state index is 4.01. The lowest BCUT2D eigenvalue weighted by Gasteiger charge is -2.31. The third kappa shape index (κ3) is 6.30. The van der Waals surface area contributed by atoms with Gasteiger partial charge in [-0.2, -0.15) is 0 Å². The minimum Gasteiger partial charge on any atom is -0.313 e. The zero-order valence-electron chi connectivity index (χ0n) is 14.6. The van der Waals surface area contributed by atoms with Crippen LogP contribution in [0.5, 0.6) is 0 Å². The minimum atomic E-state index is 0.656. The zero-order chi connectivity index (χ0) is 14.8. The van der Waals surface area contributed by atoms with Crippen LogP contribution in [0.25, 0.3) is 0 Å². The Kier molecular flexibility index (Phi) is 8.14. The van der Waals surface area contributed by atoms with Crippen molar-refractivity contribution in [1.82, 2.24) is 5.32 Å². The van der Waals surface area contributed by atoms with E-state index in [0.29, 0.717) is 5.41 Å². The molecule has 2 aliphatic carbocycles. The van der Waals surface area contributed by atoms with Crippen molar-refractivity contribution >= 4 is 0 Å². The van der Waals surface area contributed by atoms with Crippen molar-refractivity contribution in [1.29, 1.82) is 0 Å². The summed E-state index contributed by atoms with van der Waals surface area (Å²) in [6.45, 7) is 3.71. The molecular weight excluding hydrogens is 254 g/mol. The molecule has 0 amide bonds. The van der Waals surface area contributed by atoms with Gasteiger partial charge in [-0.05, 0) is 37.5 Å². The Hall–Kier alpha value is -0.0400. The molecule has 0 radical (unpaired) electrons. The van der Waals surface area contributed by atoms with Gasteiger partial charge in [0.25, 0.3) is 0 Å². The van der Waals surface area contributed by atoms with Gasteiger partial charge >= 0.3 is 0 Å². The first-order chi connectivity index (χ1) is 10.3. The topological polar surface area (TPSA) is 12.0 Å². The maximum Gasteiger partial charge on any atom is 0.00672 e. The molecule has 21 heavy (non-hydrogen) atoms. The predicted molar refractivity (Wildman–Crippen MR) is 93.8 cm³/mol. The van der Waals surface area contributed by atoms with Crippen molar-refractivity contribution in [3.63, 3.8) is 0 Å². The molecule has 0 spiro atoms. The van der Waals surface area contributed by atoms with Crippen LogP contribution < -0.4 is 5.32 Å². The fourth-order valence-electron chi connectivity index (χ4n) is 4.51. The second-order valence-corrected chi connectivity index (χ2v) is 7.90. The molecule has 0 heterocycles. The lowest BCUT2D eigenvalue weighted by atomic mass is 9.83. The summed E-state index contributed by atoms with van der Waals surface area (Å²) in [4.78, 5) is 0. The SMILES string of the molecule is CCC1(CNC2CCCCCCCCCCC2)CCCC1. The van der Waals surface area contributed by atoms with E-state index in [4.69, 9.17) is 0 Å². The summed E-state index contributed by atoms with van der Waals surface area (Å²) in [5.41, 5.74) is 0.656. The van der Waals surface area contributed by atoms with Gasteiger partial charge in [0, 0.05) is 12.6 Å². The highest BCUT2D eigenvalue weighted by atomic mass is 14.9. The third-order valence-corrected chi connectivity index (χ3v) is 6.29. The van der Waals surface area contributed by atoms with Crippen LogP contribution in [0.3, 0.4) is 0 Å². The normalized spacial score (nSPS) is 26.1. The lowest BCUT2D eigenvalue weighted by molar-refractivity contribution is 0.246. The molecule has 2 rings (SSSR count). The molecular formula is C20H39N. The van der Waals surface area contributed by atoms with E-state index in [1.165, 1.54) is 109 Å². The largest absolute Gasteiger partial charge is 0.313 e. The van der Waals surface area contributed by atoms with Gasteiger partial charge in [-0.1, -0.05) is 77.6 Å². The van der Waals surface area contributed by atoms with Crippen LogP contribution in [-0.4, -0.2) is 12.6 Å². The van der Waals surface area contributed by atoms with Crippen LogP contribution in [0.2, 0.25) is 0 Å². The Balaban J connectivity index is 1.74. The standard InChI is InChI=1S/C20H39N/c1-2-20(16-12-13-17-20)18-21-19-14-10-8-6-4-3-5-7-9-11-15-19/h19,21H,2-18H2,1H3. The lowest BCUT2D eigenvalue weighted by Crippen LogP contribution is -2.38. The maximum atomic E-state index is 4.01. The van der Waals surface area contributed by atoms with Crippen molar-refractivity contribution in [2.24, 2.45) is 5.41 Å². The fourth-order valence-corrected chi connectivity index (χ4v) is 4.51. The van der Waals surface area contributed by atoms with E-state index in [2.05, 4.69) is 12.2 Å². The van der Waals surface area contributed by atoms with Crippen molar-refractivity contribution in [3.05, 3.63) is 0 Å². The third-order valence-electron chi connectivity index (χ3n) is 6.29. The molecule has 2 aliphatic rings. The summed E-state index contributed by atoms with van der Waals surface area (Å²) in [5.74, 6) is 0. The van der Waals surface area contributed by atoms with Crippen LogP contribution in [-0.2, 0) is 0 Å². The average molecular weight is 294 g/mol. The van der Waals surface area contributed by atoms with Gasteiger partial charge in [-0.3, -0.25) is 0 Å². The fraction of sp³-hybridized carbons (Fsp3) is 1.00. The van der Waals surface area contributed by atoms with Crippen LogP contribution in [0.1, 0.15) is 110 Å². The first-order valence-corrected chi connectivity index (χ1v) is 10.1. The molecule has 124 valence electrons. The molecule has 0 aromatic heterocycles. The molecule has 0 bridgehead atoms. The van der Waals surface area contributed by atoms with Crippen LogP contribution in [0.4, 0.5) is 0 Å². The minimum absolute atomic E-state index is 0.656. The first kappa shape index (κ1) is 17.3. The molecule has 1 nitrogen and oxygen atoms in total. The van der Waals surface area contributed by atoms with Gasteiger partial charge in [-0.25, -0.2) is 0 Å². The quantitative estimate of drug-likeness (QED) is 0.649. The molecule has 2 saturated carbocycles. The average Bonchev–Trinajstić information content (AvgIpc) is 2.96. The Morgan fingerprint density at radius 3 is 1.67 bits per heavy atom. The van der Waals surface area contributed by atoms with Crippen molar-refractivity contribution in [2.45, 2.75) is 116 Å². The number of hydrogen-bond donors (Lipinski definition) is 1. The Morgan fingerprint density at radius 2 is 1.19 bits per heavy atom. The van der Waals surface area contributed by atoms with E-state index in [9.17, 15) is 0 Å². The van der Waals surface area contributed by atoms with Crippen LogP contribution in [0.15, 0.2) is 0 Å². The van der Waals surface area contributed by atoms with E-state index >= 15 is 0 Å². The summed E-state index contributed by atoms with van der Waals surface area (Å²) in [5, 5.41) is 4.01. The number of nitrogens with one attached hydrogen (secondary N) is 1. The van der Waals surface area contributed by atoms with Crippen LogP contribution in [0, 0.1) is 5.41 Å². The second kappa shape index (κ2) is 9.87. The highest BCUT2D eigenvalue weighted by Crippen LogP contribution is 2.40. The van der Waals surface area contributed by atoms with E-state index in [1.807, 2.05) is 0 Å². The monoisotopic (exact) mass is 293 g/mol. The number of hydrogen-bond acceptors (Lipinski definition) is 1. The van der Waals surface area contributed by atoms with Gasteiger partial charge in [0.2, 0.25) is 0 Å². The van der Waals surface area contributed by atoms with Crippen LogP contribution >= 0.6 is 0 Å². The summed E-state index contributed by atoms with van der Waals surface area (Å²) < 4.78 is 0. The van der Waals surface area contributed by atoms with E-state index in [1.54, 1.807) is 0 Å². The molecule has 0 aliphatic heterocycles. The van der Waals surface area contributed by atoms with Crippen molar-refractivity contribution in [3.8, 4) is 0 Å². The molecule has 1 heteroatoms. The van der Waals surface area contributed by atoms with Gasteiger partial charge in [0.15, 0.2) is 0 Å². The van der Waals surface area contributed by atoms with Gasteiger partial charge < -0.3 is 5.32 Å². The molecule has 1 N–H and O–H groups in total. The van der Waals surface area contributed by atoms with E-state index < -0.39 is 0 Å². The van der Waals surface area contributed by atoms with Gasteiger partial charge in [-0.15, -0.1) is 0 Å². The smallest absolute Gasteiger partial charge is 0.00672 e. The summed E-state index contributed by atoms with van der Waals surface area (Å²) in [6, 6.07) is 0.813. The first-order valence-electron chi connectivity index (χ1n) is 10.1. The van der Waals surface area contributed by atoms with Gasteiger partial charge in [0.05, 0.1) is 0 Å². The molecule has 0 aromatic carbocycles. The summed E-state index contributed by atoms with van der Waals surface area (Å²) >= 11 is 0. The highest BCUT2D eigenvalue weighted by molar-refractivity contribution is 4.86. The second-order valence-electron chi connectivity index (χ2n) is 7.90. The Morgan fingerprint density at radius 1 is 0.714 bits per heavy atom. The van der Waals surface area contributed by atoms with Crippen molar-refractivity contribution in [2.75, 3.05) is 6.54 Å². The predicted octanol–water partition coefficient (Wildman–Crippen LogP) is 6.22. The number of rotatable bonds is 4. The van der Waals surface area contributed by atoms with E-state index in [-0.39, 0.29) is 0 Å². The highest BCUT2D eigenvalue weighted by Gasteiger charge is 2.32. The Labute approximate surface area is 133 Å². The summed E-state index contributed by atoms with van der Waals surface area (Å²) in [7, 11) is 0. The Bertz CT molecular complexity index is 243. The van der Waals surface area contributed by atoms with Gasteiger partial charge in [0.1, 0.15) is 0 Å². The van der Waals surface area contributed by atoms with Crippen molar-refractivity contribution < 1.29 is 0 Å². The molecule has 2 fully saturated rings.